The second-order valence-electron chi connectivity index (χ2n) is 11.7. The summed E-state index contributed by atoms with van der Waals surface area (Å²) in [6.07, 6.45) is 4.28. The van der Waals surface area contributed by atoms with Gasteiger partial charge in [-0.1, -0.05) is 56.1 Å². The summed E-state index contributed by atoms with van der Waals surface area (Å²) >= 11 is 12.4. The molecule has 4 rings (SSSR count). The third kappa shape index (κ3) is 5.07. The molecule has 1 saturated carbocycles. The summed E-state index contributed by atoms with van der Waals surface area (Å²) in [6, 6.07) is 2.85. The van der Waals surface area contributed by atoms with E-state index in [0.717, 1.165) is 0 Å². The van der Waals surface area contributed by atoms with Crippen LogP contribution in [0.2, 0.25) is 5.02 Å². The second-order valence-corrected chi connectivity index (χ2v) is 12.6. The van der Waals surface area contributed by atoms with E-state index in [1.165, 1.54) is 17.0 Å². The minimum atomic E-state index is -1.45. The molecule has 0 bridgehead atoms. The first-order chi connectivity index (χ1) is 17.8. The van der Waals surface area contributed by atoms with Gasteiger partial charge in [-0.3, -0.25) is 4.79 Å². The lowest BCUT2D eigenvalue weighted by atomic mass is 9.66. The zero-order valence-electron chi connectivity index (χ0n) is 22.1. The number of carbonyl (C=O) groups is 2. The molecule has 2 amide bonds. The van der Waals surface area contributed by atoms with Gasteiger partial charge in [-0.25, -0.2) is 13.6 Å². The summed E-state index contributed by atoms with van der Waals surface area (Å²) in [6.45, 7) is 8.28. The van der Waals surface area contributed by atoms with Crippen molar-refractivity contribution in [3.05, 3.63) is 57.6 Å². The molecule has 2 aliphatic carbocycles. The number of carbonyl (C=O) groups excluding carboxylic acids is 2. The molecule has 1 saturated heterocycles. The lowest BCUT2D eigenvalue weighted by Crippen LogP contribution is -2.59. The molecule has 38 heavy (non-hydrogen) atoms. The molecule has 2 unspecified atom stereocenters. The number of nitrogens with one attached hydrogen (secondary N) is 1. The monoisotopic (exact) mass is 569 g/mol. The third-order valence-electron chi connectivity index (χ3n) is 7.93. The van der Waals surface area contributed by atoms with Gasteiger partial charge in [0.2, 0.25) is 0 Å². The number of ether oxygens (including phenoxy) is 1. The normalized spacial score (nSPS) is 30.3. The summed E-state index contributed by atoms with van der Waals surface area (Å²) in [4.78, 5) is 27.0. The van der Waals surface area contributed by atoms with Crippen LogP contribution in [0.5, 0.6) is 0 Å². The van der Waals surface area contributed by atoms with E-state index in [4.69, 9.17) is 33.7 Å². The van der Waals surface area contributed by atoms with Crippen molar-refractivity contribution < 1.29 is 23.1 Å². The number of halogens is 4. The Morgan fingerprint density at radius 3 is 2.61 bits per heavy atom. The van der Waals surface area contributed by atoms with Crippen molar-refractivity contribution in [3.8, 4) is 0 Å². The molecule has 0 aromatic heterocycles. The second kappa shape index (κ2) is 10.4. The van der Waals surface area contributed by atoms with E-state index in [1.807, 2.05) is 26.8 Å². The molecule has 0 radical (unpaired) electrons. The van der Waals surface area contributed by atoms with Crippen LogP contribution in [-0.2, 0) is 15.1 Å². The Hall–Kier alpha value is -2.16. The predicted octanol–water partition coefficient (Wildman–Crippen LogP) is 6.03. The molecule has 1 heterocycles. The Bertz CT molecular complexity index is 1180. The van der Waals surface area contributed by atoms with Gasteiger partial charge < -0.3 is 20.7 Å². The molecule has 5 atom stereocenters. The van der Waals surface area contributed by atoms with Crippen LogP contribution in [0, 0.1) is 28.5 Å². The van der Waals surface area contributed by atoms with Crippen molar-refractivity contribution in [3.63, 3.8) is 0 Å². The van der Waals surface area contributed by atoms with E-state index in [1.54, 1.807) is 19.1 Å². The molecule has 10 heteroatoms. The molecule has 1 aliphatic heterocycles. The van der Waals surface area contributed by atoms with Crippen molar-refractivity contribution in [1.29, 1.82) is 0 Å². The lowest BCUT2D eigenvalue weighted by molar-refractivity contribution is -0.142. The fourth-order valence-corrected chi connectivity index (χ4v) is 6.80. The van der Waals surface area contributed by atoms with Gasteiger partial charge in [0.1, 0.15) is 11.6 Å². The van der Waals surface area contributed by atoms with Gasteiger partial charge in [-0.2, -0.15) is 0 Å². The largest absolute Gasteiger partial charge is 0.466 e. The van der Waals surface area contributed by atoms with Gasteiger partial charge in [0.15, 0.2) is 0 Å². The molecular formula is C28H35Cl2F2N3O3. The molecule has 2 fully saturated rings. The van der Waals surface area contributed by atoms with E-state index in [9.17, 15) is 9.59 Å². The maximum atomic E-state index is 16.0. The number of allylic oxidation sites excluding steroid dienone is 3. The summed E-state index contributed by atoms with van der Waals surface area (Å²) < 4.78 is 36.6. The average Bonchev–Trinajstić information content (AvgIpc) is 3.48. The average molecular weight is 571 g/mol. The number of fused-ring (bicyclic) bond motifs is 1. The van der Waals surface area contributed by atoms with Crippen LogP contribution in [0.25, 0.3) is 0 Å². The number of benzene rings is 1. The first-order valence-corrected chi connectivity index (χ1v) is 13.7. The third-order valence-corrected chi connectivity index (χ3v) is 8.45. The Morgan fingerprint density at radius 2 is 1.97 bits per heavy atom. The Labute approximate surface area is 232 Å². The fourth-order valence-electron chi connectivity index (χ4n) is 6.39. The SMILES string of the molecule is CCOC(=O)CCNC(=O)N1C[C@@H](CC(C)(C)C)[C@](N)(c2ccc(Cl)cc2F)[C@H]1C12CC1C=CC(Cl)=C2F. The number of hydrogen-bond donors (Lipinski definition) is 2. The maximum Gasteiger partial charge on any atom is 0.317 e. The van der Waals surface area contributed by atoms with Gasteiger partial charge >= 0.3 is 12.0 Å². The van der Waals surface area contributed by atoms with Gasteiger partial charge in [0.25, 0.3) is 0 Å². The van der Waals surface area contributed by atoms with Crippen molar-refractivity contribution in [1.82, 2.24) is 10.2 Å². The summed E-state index contributed by atoms with van der Waals surface area (Å²) in [5.41, 5.74) is 4.61. The first kappa shape index (κ1) is 28.8. The molecule has 3 aliphatic rings. The van der Waals surface area contributed by atoms with E-state index in [0.29, 0.717) is 12.8 Å². The maximum absolute atomic E-state index is 16.0. The molecule has 1 aromatic carbocycles. The van der Waals surface area contributed by atoms with Crippen molar-refractivity contribution >= 4 is 35.2 Å². The Kier molecular flexibility index (Phi) is 7.92. The number of hydrogen-bond acceptors (Lipinski definition) is 4. The van der Waals surface area contributed by atoms with Gasteiger partial charge in [0, 0.05) is 29.6 Å². The highest BCUT2D eigenvalue weighted by molar-refractivity contribution is 6.31. The molecule has 0 spiro atoms. The van der Waals surface area contributed by atoms with E-state index in [-0.39, 0.29) is 53.1 Å². The highest BCUT2D eigenvalue weighted by Gasteiger charge is 2.73. The van der Waals surface area contributed by atoms with E-state index >= 15 is 8.78 Å². The number of nitrogens with zero attached hydrogens (tertiary/aromatic N) is 1. The van der Waals surface area contributed by atoms with Crippen LogP contribution in [0.3, 0.4) is 0 Å². The topological polar surface area (TPSA) is 84.7 Å². The standard InChI is InChI=1S/C28H35Cl2F2N3O3/c1-5-38-22(36)10-11-34-25(37)35-15-17(13-26(2,3)4)28(33,19-8-7-18(29)12-21(19)31)24(35)27-14-16(27)6-9-20(30)23(27)32/h6-9,12,16-17,24H,5,10-11,13-15,33H2,1-4H3,(H,34,37)/t16?,17-,24-,27?,28+/m1/s1. The molecule has 3 N–H and O–H groups in total. The number of urea groups is 1. The summed E-state index contributed by atoms with van der Waals surface area (Å²) in [5.74, 6) is -2.24. The van der Waals surface area contributed by atoms with Crippen LogP contribution in [0.1, 0.15) is 52.5 Å². The smallest absolute Gasteiger partial charge is 0.317 e. The van der Waals surface area contributed by atoms with Gasteiger partial charge in [-0.15, -0.1) is 0 Å². The number of esters is 1. The predicted molar refractivity (Wildman–Crippen MR) is 144 cm³/mol. The first-order valence-electron chi connectivity index (χ1n) is 12.9. The highest BCUT2D eigenvalue weighted by atomic mass is 35.5. The number of likely N-dealkylation sites (tertiary alicyclic amines) is 1. The van der Waals surface area contributed by atoms with Crippen LogP contribution in [-0.4, -0.2) is 42.6 Å². The summed E-state index contributed by atoms with van der Waals surface area (Å²) in [7, 11) is 0. The van der Waals surface area contributed by atoms with Crippen LogP contribution in [0.4, 0.5) is 13.6 Å². The number of nitrogens with two attached hydrogens (primary N) is 1. The Morgan fingerprint density at radius 1 is 1.26 bits per heavy atom. The zero-order chi connectivity index (χ0) is 28.0. The number of rotatable bonds is 7. The van der Waals surface area contributed by atoms with Crippen LogP contribution >= 0.6 is 23.2 Å². The lowest BCUT2D eigenvalue weighted by Gasteiger charge is -2.44. The minimum Gasteiger partial charge on any atom is -0.466 e. The van der Waals surface area contributed by atoms with Crippen molar-refractivity contribution in [2.45, 2.75) is 58.5 Å². The van der Waals surface area contributed by atoms with E-state index < -0.39 is 46.6 Å². The quantitative estimate of drug-likeness (QED) is 0.393. The Balaban J connectivity index is 1.81. The zero-order valence-corrected chi connectivity index (χ0v) is 23.6. The summed E-state index contributed by atoms with van der Waals surface area (Å²) in [5, 5.41) is 2.94. The van der Waals surface area contributed by atoms with Gasteiger partial charge in [0.05, 0.1) is 35.1 Å². The fraction of sp³-hybridized carbons (Fsp3) is 0.571. The van der Waals surface area contributed by atoms with Gasteiger partial charge in [-0.05, 0) is 49.3 Å². The van der Waals surface area contributed by atoms with Crippen molar-refractivity contribution in [2.24, 2.45) is 28.4 Å². The van der Waals surface area contributed by atoms with Crippen molar-refractivity contribution in [2.75, 3.05) is 19.7 Å². The highest BCUT2D eigenvalue weighted by Crippen LogP contribution is 2.70. The molecular weight excluding hydrogens is 535 g/mol. The molecule has 1 aromatic rings. The minimum absolute atomic E-state index is 0.0142. The van der Waals surface area contributed by atoms with E-state index in [2.05, 4.69) is 5.32 Å². The molecule has 6 nitrogen and oxygen atoms in total. The van der Waals surface area contributed by atoms with Crippen LogP contribution in [0.15, 0.2) is 41.2 Å². The van der Waals surface area contributed by atoms with Crippen LogP contribution < -0.4 is 11.1 Å². The number of amides is 2. The molecule has 208 valence electrons.